The molecule has 2 aliphatic rings. The van der Waals surface area contributed by atoms with Crippen LogP contribution in [0.15, 0.2) is 24.3 Å². The molecule has 0 unspecified atom stereocenters. The Balaban J connectivity index is 1.46. The fraction of sp³-hybridized carbons (Fsp3) is 0.524. The van der Waals surface area contributed by atoms with Gasteiger partial charge in [0.25, 0.3) is 5.91 Å². The molecule has 0 radical (unpaired) electrons. The first-order valence-electron chi connectivity index (χ1n) is 10.0. The number of nitrogens with one attached hydrogen (secondary N) is 1. The third-order valence-corrected chi connectivity index (χ3v) is 6.70. The van der Waals surface area contributed by atoms with Crippen LogP contribution in [0.1, 0.15) is 49.9 Å². The second-order valence-electron chi connectivity index (χ2n) is 7.49. The van der Waals surface area contributed by atoms with E-state index in [1.807, 2.05) is 13.8 Å². The number of hydrogen-bond acceptors (Lipinski definition) is 7. The summed E-state index contributed by atoms with van der Waals surface area (Å²) in [5, 5.41) is 2.61. The molecule has 8 nitrogen and oxygen atoms in total. The van der Waals surface area contributed by atoms with Gasteiger partial charge >= 0.3 is 11.9 Å². The molecule has 0 aromatic heterocycles. The molecule has 1 N–H and O–H groups in total. The summed E-state index contributed by atoms with van der Waals surface area (Å²) < 4.78 is 10.3. The molecule has 162 valence electrons. The van der Waals surface area contributed by atoms with Crippen LogP contribution in [0.25, 0.3) is 0 Å². The smallest absolute Gasteiger partial charge is 0.338 e. The number of nitrogens with zero attached hydrogens (tertiary/aromatic N) is 1. The van der Waals surface area contributed by atoms with Gasteiger partial charge in [0.2, 0.25) is 5.91 Å². The molecule has 9 heteroatoms. The van der Waals surface area contributed by atoms with Crippen molar-refractivity contribution in [3.63, 3.8) is 0 Å². The van der Waals surface area contributed by atoms with Crippen molar-refractivity contribution >= 4 is 41.2 Å². The first-order chi connectivity index (χ1) is 14.3. The first kappa shape index (κ1) is 22.1. The monoisotopic (exact) mass is 434 g/mol. The van der Waals surface area contributed by atoms with Gasteiger partial charge in [0.1, 0.15) is 6.04 Å². The number of anilines is 1. The number of carbonyl (C=O) groups is 4. The summed E-state index contributed by atoms with van der Waals surface area (Å²) in [6, 6.07) is 5.63. The standard InChI is InChI=1S/C21H26N2O6S/c1-3-4-11-28-19(26)14-5-7-15(8-6-14)22-17(24)12-29-20(27)16-13-30-21(2)10-9-18(25)23(16)21/h5-8,16H,3-4,9-13H2,1-2H3,(H,22,24)/t16-,21-/m0/s1. The molecule has 2 fully saturated rings. The minimum absolute atomic E-state index is 0.0535. The minimum Gasteiger partial charge on any atom is -0.462 e. The van der Waals surface area contributed by atoms with Gasteiger partial charge in [-0.25, -0.2) is 9.59 Å². The minimum atomic E-state index is -0.652. The van der Waals surface area contributed by atoms with Crippen LogP contribution in [0.3, 0.4) is 0 Å². The fourth-order valence-electron chi connectivity index (χ4n) is 3.51. The molecule has 2 atom stereocenters. The highest BCUT2D eigenvalue weighted by atomic mass is 32.2. The Bertz CT molecular complexity index is 827. The van der Waals surface area contributed by atoms with Gasteiger partial charge in [-0.3, -0.25) is 9.59 Å². The predicted octanol–water partition coefficient (Wildman–Crippen LogP) is 2.58. The summed E-state index contributed by atoms with van der Waals surface area (Å²) in [7, 11) is 0. The van der Waals surface area contributed by atoms with E-state index in [1.54, 1.807) is 40.9 Å². The Kier molecular flexibility index (Phi) is 7.02. The number of hydrogen-bond donors (Lipinski definition) is 1. The zero-order valence-electron chi connectivity index (χ0n) is 17.1. The number of carbonyl (C=O) groups excluding carboxylic acids is 4. The van der Waals surface area contributed by atoms with Gasteiger partial charge in [0.05, 0.1) is 17.0 Å². The van der Waals surface area contributed by atoms with Crippen molar-refractivity contribution in [2.75, 3.05) is 24.3 Å². The highest BCUT2D eigenvalue weighted by Gasteiger charge is 2.53. The summed E-state index contributed by atoms with van der Waals surface area (Å²) in [4.78, 5) is 49.7. The molecular weight excluding hydrogens is 408 g/mol. The molecule has 2 saturated heterocycles. The number of rotatable bonds is 8. The number of benzene rings is 1. The van der Waals surface area contributed by atoms with Crippen molar-refractivity contribution in [1.82, 2.24) is 4.90 Å². The number of unbranched alkanes of at least 4 members (excludes halogenated alkanes) is 1. The molecule has 0 spiro atoms. The van der Waals surface area contributed by atoms with Crippen molar-refractivity contribution in [2.24, 2.45) is 0 Å². The van der Waals surface area contributed by atoms with Crippen LogP contribution >= 0.6 is 11.8 Å². The maximum atomic E-state index is 12.4. The quantitative estimate of drug-likeness (QED) is 0.496. The molecule has 1 aromatic rings. The molecule has 2 aliphatic heterocycles. The van der Waals surface area contributed by atoms with Crippen LogP contribution in [-0.4, -0.2) is 58.5 Å². The normalized spacial score (nSPS) is 22.5. The molecule has 1 aromatic carbocycles. The Morgan fingerprint density at radius 2 is 1.97 bits per heavy atom. The summed E-state index contributed by atoms with van der Waals surface area (Å²) >= 11 is 1.57. The lowest BCUT2D eigenvalue weighted by Gasteiger charge is -2.29. The Hall–Kier alpha value is -2.55. The van der Waals surface area contributed by atoms with Crippen molar-refractivity contribution < 1.29 is 28.7 Å². The zero-order chi connectivity index (χ0) is 21.7. The van der Waals surface area contributed by atoms with E-state index in [1.165, 1.54) is 0 Å². The topological polar surface area (TPSA) is 102 Å². The van der Waals surface area contributed by atoms with E-state index in [9.17, 15) is 19.2 Å². The summed E-state index contributed by atoms with van der Waals surface area (Å²) in [6.45, 7) is 3.89. The van der Waals surface area contributed by atoms with Gasteiger partial charge in [-0.15, -0.1) is 11.8 Å². The maximum absolute atomic E-state index is 12.4. The number of fused-ring (bicyclic) bond motifs is 1. The highest BCUT2D eigenvalue weighted by Crippen LogP contribution is 2.47. The van der Waals surface area contributed by atoms with Crippen molar-refractivity contribution in [1.29, 1.82) is 0 Å². The van der Waals surface area contributed by atoms with E-state index in [4.69, 9.17) is 9.47 Å². The average molecular weight is 435 g/mol. The molecule has 0 bridgehead atoms. The molecule has 30 heavy (non-hydrogen) atoms. The second kappa shape index (κ2) is 9.51. The van der Waals surface area contributed by atoms with Crippen LogP contribution in [-0.2, 0) is 23.9 Å². The molecule has 0 aliphatic carbocycles. The van der Waals surface area contributed by atoms with E-state index in [2.05, 4.69) is 5.32 Å². The van der Waals surface area contributed by atoms with Crippen molar-refractivity contribution in [3.8, 4) is 0 Å². The second-order valence-corrected chi connectivity index (χ2v) is 8.99. The van der Waals surface area contributed by atoms with Gasteiger partial charge in [-0.05, 0) is 44.0 Å². The van der Waals surface area contributed by atoms with Gasteiger partial charge in [0, 0.05) is 17.9 Å². The molecule has 0 saturated carbocycles. The maximum Gasteiger partial charge on any atom is 0.338 e. The van der Waals surface area contributed by atoms with Gasteiger partial charge in [-0.2, -0.15) is 0 Å². The van der Waals surface area contributed by atoms with E-state index >= 15 is 0 Å². The van der Waals surface area contributed by atoms with Crippen LogP contribution in [0.5, 0.6) is 0 Å². The van der Waals surface area contributed by atoms with Crippen LogP contribution in [0.4, 0.5) is 5.69 Å². The Morgan fingerprint density at radius 3 is 2.67 bits per heavy atom. The van der Waals surface area contributed by atoms with Gasteiger partial charge in [0.15, 0.2) is 6.61 Å². The van der Waals surface area contributed by atoms with E-state index in [0.717, 1.165) is 12.8 Å². The van der Waals surface area contributed by atoms with Crippen LogP contribution < -0.4 is 5.32 Å². The number of ether oxygens (including phenoxy) is 2. The Labute approximate surface area is 179 Å². The molecule has 3 rings (SSSR count). The highest BCUT2D eigenvalue weighted by molar-refractivity contribution is 8.01. The number of esters is 2. The van der Waals surface area contributed by atoms with E-state index in [-0.39, 0.29) is 10.8 Å². The third kappa shape index (κ3) is 4.95. The largest absolute Gasteiger partial charge is 0.462 e. The van der Waals surface area contributed by atoms with E-state index < -0.39 is 30.5 Å². The summed E-state index contributed by atoms with van der Waals surface area (Å²) in [5.41, 5.74) is 0.868. The van der Waals surface area contributed by atoms with Gasteiger partial charge in [-0.1, -0.05) is 13.3 Å². The average Bonchev–Trinajstić information content (AvgIpc) is 3.22. The summed E-state index contributed by atoms with van der Waals surface area (Å²) in [6.07, 6.45) is 2.89. The van der Waals surface area contributed by atoms with E-state index in [0.29, 0.717) is 36.5 Å². The van der Waals surface area contributed by atoms with Crippen LogP contribution in [0, 0.1) is 0 Å². The van der Waals surface area contributed by atoms with Crippen molar-refractivity contribution in [3.05, 3.63) is 29.8 Å². The first-order valence-corrected chi connectivity index (χ1v) is 11.0. The SMILES string of the molecule is CCCCOC(=O)c1ccc(NC(=O)COC(=O)[C@@H]2CS[C@@]3(C)CCC(=O)N23)cc1. The van der Waals surface area contributed by atoms with Crippen LogP contribution in [0.2, 0.25) is 0 Å². The predicted molar refractivity (Wildman–Crippen MR) is 112 cm³/mol. The Morgan fingerprint density at radius 1 is 1.23 bits per heavy atom. The lowest BCUT2D eigenvalue weighted by Crippen LogP contribution is -2.47. The number of thioether (sulfide) groups is 1. The fourth-order valence-corrected chi connectivity index (χ4v) is 4.92. The molecular formula is C21H26N2O6S. The third-order valence-electron chi connectivity index (χ3n) is 5.20. The zero-order valence-corrected chi connectivity index (χ0v) is 18.0. The van der Waals surface area contributed by atoms with Crippen molar-refractivity contribution in [2.45, 2.75) is 50.4 Å². The number of amides is 2. The molecule has 2 heterocycles. The summed E-state index contributed by atoms with van der Waals surface area (Å²) in [5.74, 6) is -1.06. The van der Waals surface area contributed by atoms with Gasteiger partial charge < -0.3 is 19.7 Å². The molecule has 2 amide bonds. The lowest BCUT2D eigenvalue weighted by molar-refractivity contribution is -0.155. The lowest BCUT2D eigenvalue weighted by atomic mass is 10.2.